The zero-order valence-electron chi connectivity index (χ0n) is 9.99. The van der Waals surface area contributed by atoms with E-state index in [-0.39, 0.29) is 0 Å². The minimum atomic E-state index is 0.372. The van der Waals surface area contributed by atoms with E-state index in [0.29, 0.717) is 5.88 Å². The highest BCUT2D eigenvalue weighted by atomic mass is 35.5. The lowest BCUT2D eigenvalue weighted by Gasteiger charge is -2.10. The summed E-state index contributed by atoms with van der Waals surface area (Å²) in [4.78, 5) is 4.02. The van der Waals surface area contributed by atoms with Crippen molar-refractivity contribution < 1.29 is 4.74 Å². The first-order valence-electron chi connectivity index (χ1n) is 5.69. The first-order valence-corrected chi connectivity index (χ1v) is 6.61. The largest absolute Gasteiger partial charge is 0.457 e. The van der Waals surface area contributed by atoms with E-state index in [4.69, 9.17) is 27.9 Å². The lowest BCUT2D eigenvalue weighted by atomic mass is 10.1. The number of aryl methyl sites for hydroxylation is 1. The topological polar surface area (TPSA) is 22.1 Å². The van der Waals surface area contributed by atoms with Gasteiger partial charge in [-0.05, 0) is 36.2 Å². The highest BCUT2D eigenvalue weighted by Crippen LogP contribution is 2.29. The molecule has 4 heteroatoms. The molecule has 18 heavy (non-hydrogen) atoms. The summed E-state index contributed by atoms with van der Waals surface area (Å²) in [6.07, 6.45) is 4.26. The van der Waals surface area contributed by atoms with Crippen LogP contribution in [-0.4, -0.2) is 4.98 Å². The predicted octanol–water partition coefficient (Wildman–Crippen LogP) is 4.83. The summed E-state index contributed by atoms with van der Waals surface area (Å²) in [6, 6.07) is 7.44. The molecule has 0 aliphatic heterocycles. The molecule has 0 aliphatic rings. The maximum Gasteiger partial charge on any atom is 0.134 e. The van der Waals surface area contributed by atoms with Crippen LogP contribution in [0.2, 0.25) is 5.02 Å². The van der Waals surface area contributed by atoms with E-state index in [1.807, 2.05) is 18.2 Å². The second-order valence-electron chi connectivity index (χ2n) is 3.83. The van der Waals surface area contributed by atoms with Gasteiger partial charge in [-0.25, -0.2) is 0 Å². The Hall–Kier alpha value is -1.25. The average Bonchev–Trinajstić information content (AvgIpc) is 2.41. The lowest BCUT2D eigenvalue weighted by molar-refractivity contribution is 0.477. The average molecular weight is 282 g/mol. The third-order valence-corrected chi connectivity index (χ3v) is 3.29. The number of hydrogen-bond acceptors (Lipinski definition) is 2. The molecule has 0 aliphatic carbocycles. The highest BCUT2D eigenvalue weighted by Gasteiger charge is 2.06. The molecular weight excluding hydrogens is 269 g/mol. The van der Waals surface area contributed by atoms with E-state index in [9.17, 15) is 0 Å². The molecule has 0 saturated heterocycles. The maximum absolute atomic E-state index is 6.07. The molecule has 1 heterocycles. The Morgan fingerprint density at radius 3 is 2.78 bits per heavy atom. The summed E-state index contributed by atoms with van der Waals surface area (Å²) in [6.45, 7) is 2.06. The van der Waals surface area contributed by atoms with Crippen LogP contribution in [-0.2, 0) is 12.3 Å². The Bertz CT molecular complexity index is 543. The van der Waals surface area contributed by atoms with Crippen molar-refractivity contribution in [3.8, 4) is 11.5 Å². The zero-order chi connectivity index (χ0) is 13.0. The van der Waals surface area contributed by atoms with Crippen LogP contribution in [0.1, 0.15) is 18.1 Å². The summed E-state index contributed by atoms with van der Waals surface area (Å²) in [5.41, 5.74) is 1.93. The van der Waals surface area contributed by atoms with Crippen molar-refractivity contribution in [2.24, 2.45) is 0 Å². The minimum Gasteiger partial charge on any atom is -0.457 e. The molecule has 1 aromatic heterocycles. The van der Waals surface area contributed by atoms with Crippen LogP contribution in [0, 0.1) is 0 Å². The van der Waals surface area contributed by atoms with Crippen LogP contribution in [0.25, 0.3) is 0 Å². The SMILES string of the molecule is CCc1cc(Oc2ccncc2CCl)ccc1Cl. The van der Waals surface area contributed by atoms with Gasteiger partial charge in [-0.1, -0.05) is 18.5 Å². The fourth-order valence-electron chi connectivity index (χ4n) is 1.63. The number of pyridine rings is 1. The molecule has 1 aromatic carbocycles. The van der Waals surface area contributed by atoms with E-state index >= 15 is 0 Å². The van der Waals surface area contributed by atoms with Crippen LogP contribution in [0.4, 0.5) is 0 Å². The molecule has 0 atom stereocenters. The van der Waals surface area contributed by atoms with Crippen LogP contribution in [0.5, 0.6) is 11.5 Å². The Labute approximate surface area is 117 Å². The van der Waals surface area contributed by atoms with Crippen LogP contribution in [0.15, 0.2) is 36.7 Å². The molecule has 0 saturated carbocycles. The quantitative estimate of drug-likeness (QED) is 0.749. The van der Waals surface area contributed by atoms with Gasteiger partial charge in [0, 0.05) is 23.0 Å². The standard InChI is InChI=1S/C14H13Cl2NO/c1-2-10-7-12(3-4-13(10)16)18-14-5-6-17-9-11(14)8-15/h3-7,9H,2,8H2,1H3. The van der Waals surface area contributed by atoms with Crippen molar-refractivity contribution in [3.63, 3.8) is 0 Å². The molecule has 2 aromatic rings. The van der Waals surface area contributed by atoms with Gasteiger partial charge in [0.15, 0.2) is 0 Å². The molecule has 94 valence electrons. The smallest absolute Gasteiger partial charge is 0.134 e. The second-order valence-corrected chi connectivity index (χ2v) is 4.50. The number of nitrogens with zero attached hydrogens (tertiary/aromatic N) is 1. The number of ether oxygens (including phenoxy) is 1. The summed E-state index contributed by atoms with van der Waals surface area (Å²) < 4.78 is 5.81. The monoisotopic (exact) mass is 281 g/mol. The highest BCUT2D eigenvalue weighted by molar-refractivity contribution is 6.31. The molecule has 0 spiro atoms. The van der Waals surface area contributed by atoms with Gasteiger partial charge in [0.05, 0.1) is 5.88 Å². The predicted molar refractivity (Wildman–Crippen MR) is 74.7 cm³/mol. The third-order valence-electron chi connectivity index (χ3n) is 2.63. The van der Waals surface area contributed by atoms with E-state index in [1.165, 1.54) is 0 Å². The Kier molecular flexibility index (Phi) is 4.45. The van der Waals surface area contributed by atoms with Gasteiger partial charge in [0.2, 0.25) is 0 Å². The fourth-order valence-corrected chi connectivity index (χ4v) is 2.08. The van der Waals surface area contributed by atoms with Crippen molar-refractivity contribution in [1.82, 2.24) is 4.98 Å². The number of benzene rings is 1. The number of halogens is 2. The van der Waals surface area contributed by atoms with Gasteiger partial charge in [-0.2, -0.15) is 0 Å². The van der Waals surface area contributed by atoms with Gasteiger partial charge >= 0.3 is 0 Å². The molecule has 2 rings (SSSR count). The van der Waals surface area contributed by atoms with Gasteiger partial charge in [-0.3, -0.25) is 4.98 Å². The Balaban J connectivity index is 2.28. The van der Waals surface area contributed by atoms with Gasteiger partial charge in [-0.15, -0.1) is 11.6 Å². The second kappa shape index (κ2) is 6.07. The van der Waals surface area contributed by atoms with Crippen molar-refractivity contribution in [1.29, 1.82) is 0 Å². The van der Waals surface area contributed by atoms with E-state index in [1.54, 1.807) is 18.5 Å². The molecule has 0 radical (unpaired) electrons. The normalized spacial score (nSPS) is 10.4. The summed E-state index contributed by atoms with van der Waals surface area (Å²) in [7, 11) is 0. The Morgan fingerprint density at radius 1 is 1.22 bits per heavy atom. The van der Waals surface area contributed by atoms with E-state index in [0.717, 1.165) is 34.1 Å². The molecular formula is C14H13Cl2NO. The fraction of sp³-hybridized carbons (Fsp3) is 0.214. The summed E-state index contributed by atoms with van der Waals surface area (Å²) >= 11 is 11.9. The van der Waals surface area contributed by atoms with Gasteiger partial charge < -0.3 is 4.74 Å². The molecule has 0 amide bonds. The summed E-state index contributed by atoms with van der Waals surface area (Å²) in [5, 5.41) is 0.761. The summed E-state index contributed by atoms with van der Waals surface area (Å²) in [5.74, 6) is 1.86. The molecule has 2 nitrogen and oxygen atoms in total. The molecule has 0 bridgehead atoms. The van der Waals surface area contributed by atoms with E-state index < -0.39 is 0 Å². The minimum absolute atomic E-state index is 0.372. The first-order chi connectivity index (χ1) is 8.74. The van der Waals surface area contributed by atoms with Crippen molar-refractivity contribution in [3.05, 3.63) is 52.8 Å². The van der Waals surface area contributed by atoms with Crippen LogP contribution < -0.4 is 4.74 Å². The lowest BCUT2D eigenvalue weighted by Crippen LogP contribution is -1.92. The van der Waals surface area contributed by atoms with Gasteiger partial charge in [0.1, 0.15) is 11.5 Å². The molecule has 0 fully saturated rings. The number of alkyl halides is 1. The first kappa shape index (κ1) is 13.2. The maximum atomic E-state index is 6.07. The van der Waals surface area contributed by atoms with Crippen molar-refractivity contribution in [2.75, 3.05) is 0 Å². The Morgan fingerprint density at radius 2 is 2.06 bits per heavy atom. The molecule has 0 unspecified atom stereocenters. The molecule has 0 N–H and O–H groups in total. The van der Waals surface area contributed by atoms with Gasteiger partial charge in [0.25, 0.3) is 0 Å². The van der Waals surface area contributed by atoms with Crippen molar-refractivity contribution >= 4 is 23.2 Å². The number of rotatable bonds is 4. The zero-order valence-corrected chi connectivity index (χ0v) is 11.5. The van der Waals surface area contributed by atoms with Crippen LogP contribution >= 0.6 is 23.2 Å². The third kappa shape index (κ3) is 2.95. The number of hydrogen-bond donors (Lipinski definition) is 0. The van der Waals surface area contributed by atoms with Crippen LogP contribution in [0.3, 0.4) is 0 Å². The van der Waals surface area contributed by atoms with E-state index in [2.05, 4.69) is 11.9 Å². The van der Waals surface area contributed by atoms with Crippen molar-refractivity contribution in [2.45, 2.75) is 19.2 Å². The number of aromatic nitrogens is 1.